The van der Waals surface area contributed by atoms with Crippen molar-refractivity contribution in [1.29, 1.82) is 0 Å². The van der Waals surface area contributed by atoms with E-state index in [2.05, 4.69) is 4.98 Å². The Hall–Kier alpha value is -0.370. The minimum atomic E-state index is 0. The third-order valence-electron chi connectivity index (χ3n) is 1.57. The van der Waals surface area contributed by atoms with Gasteiger partial charge in [0, 0.05) is 12.4 Å². The molecule has 11 heavy (non-hydrogen) atoms. The second-order valence-corrected chi connectivity index (χ2v) is 2.44. The van der Waals surface area contributed by atoms with Crippen molar-refractivity contribution < 1.29 is 0 Å². The van der Waals surface area contributed by atoms with Crippen LogP contribution in [-0.4, -0.2) is 4.98 Å². The fourth-order valence-electron chi connectivity index (χ4n) is 0.563. The molecule has 0 saturated heterocycles. The maximum absolute atomic E-state index is 3.78. The van der Waals surface area contributed by atoms with Gasteiger partial charge >= 0.3 is 0 Å². The van der Waals surface area contributed by atoms with Crippen LogP contribution in [0.5, 0.6) is 0 Å². The van der Waals surface area contributed by atoms with Gasteiger partial charge in [0.05, 0.1) is 0 Å². The first kappa shape index (κ1) is 10.6. The summed E-state index contributed by atoms with van der Waals surface area (Å²) in [6, 6.07) is 5.72. The Balaban J connectivity index is 0.000000177. The molecule has 0 atom stereocenters. The Labute approximate surface area is 78.6 Å². The molecule has 1 aliphatic rings. The molecule has 1 aromatic heterocycles. The van der Waals surface area contributed by atoms with Crippen LogP contribution < -0.4 is 0 Å². The molecule has 1 heterocycles. The summed E-state index contributed by atoms with van der Waals surface area (Å²) in [7, 11) is 0. The van der Waals surface area contributed by atoms with Gasteiger partial charge in [0.2, 0.25) is 0 Å². The van der Waals surface area contributed by atoms with Crippen LogP contribution in [0.2, 0.25) is 0 Å². The SMILES string of the molecule is Br.C1CCC1.c1ccncc1. The topological polar surface area (TPSA) is 12.9 Å². The third kappa shape index (κ3) is 6.05. The summed E-state index contributed by atoms with van der Waals surface area (Å²) in [4.78, 5) is 3.78. The lowest BCUT2D eigenvalue weighted by molar-refractivity contribution is 0.504. The molecule has 0 amide bonds. The number of pyridine rings is 1. The summed E-state index contributed by atoms with van der Waals surface area (Å²) in [6.07, 6.45) is 9.50. The Bertz CT molecular complexity index is 118. The molecule has 62 valence electrons. The molecule has 0 radical (unpaired) electrons. The fourth-order valence-corrected chi connectivity index (χ4v) is 0.563. The van der Waals surface area contributed by atoms with Crippen molar-refractivity contribution in [1.82, 2.24) is 4.98 Å². The van der Waals surface area contributed by atoms with Crippen molar-refractivity contribution in [3.63, 3.8) is 0 Å². The Morgan fingerprint density at radius 3 is 1.27 bits per heavy atom. The van der Waals surface area contributed by atoms with Crippen LogP contribution in [0.1, 0.15) is 25.7 Å². The van der Waals surface area contributed by atoms with Crippen molar-refractivity contribution in [2.75, 3.05) is 0 Å². The number of nitrogens with zero attached hydrogens (tertiary/aromatic N) is 1. The lowest BCUT2D eigenvalue weighted by Crippen LogP contribution is -1.85. The highest BCUT2D eigenvalue weighted by atomic mass is 79.9. The zero-order chi connectivity index (χ0) is 7.07. The van der Waals surface area contributed by atoms with Crippen LogP contribution in [0.4, 0.5) is 0 Å². The van der Waals surface area contributed by atoms with Crippen LogP contribution in [0.3, 0.4) is 0 Å². The highest BCUT2D eigenvalue weighted by molar-refractivity contribution is 8.93. The molecule has 0 unspecified atom stereocenters. The van der Waals surface area contributed by atoms with E-state index in [1.54, 1.807) is 12.4 Å². The molecular formula is C9H14BrN. The molecule has 2 rings (SSSR count). The van der Waals surface area contributed by atoms with Gasteiger partial charge in [-0.1, -0.05) is 31.7 Å². The second kappa shape index (κ2) is 7.73. The Kier molecular flexibility index (Phi) is 7.47. The molecule has 0 N–H and O–H groups in total. The van der Waals surface area contributed by atoms with Gasteiger partial charge in [-0.05, 0) is 12.1 Å². The normalized spacial score (nSPS) is 13.1. The second-order valence-electron chi connectivity index (χ2n) is 2.44. The van der Waals surface area contributed by atoms with E-state index in [4.69, 9.17) is 0 Å². The van der Waals surface area contributed by atoms with Gasteiger partial charge in [-0.25, -0.2) is 0 Å². The van der Waals surface area contributed by atoms with Gasteiger partial charge in [-0.15, -0.1) is 17.0 Å². The van der Waals surface area contributed by atoms with E-state index in [1.165, 1.54) is 25.7 Å². The van der Waals surface area contributed by atoms with Crippen LogP contribution in [-0.2, 0) is 0 Å². The molecule has 1 aromatic rings. The lowest BCUT2D eigenvalue weighted by atomic mass is 10.0. The summed E-state index contributed by atoms with van der Waals surface area (Å²) in [5, 5.41) is 0. The molecule has 0 bridgehead atoms. The van der Waals surface area contributed by atoms with Crippen molar-refractivity contribution in [2.45, 2.75) is 25.7 Å². The highest BCUT2D eigenvalue weighted by Gasteiger charge is 1.95. The standard InChI is InChI=1S/C5H5N.C4H8.BrH/c1-2-4-6-5-3-1;1-2-4-3-1;/h1-5H;1-4H2;1H. The van der Waals surface area contributed by atoms with Gasteiger partial charge in [0.1, 0.15) is 0 Å². The van der Waals surface area contributed by atoms with Gasteiger partial charge in [-0.2, -0.15) is 0 Å². The molecular weight excluding hydrogens is 202 g/mol. The molecule has 1 saturated carbocycles. The van der Waals surface area contributed by atoms with E-state index in [1.807, 2.05) is 18.2 Å². The summed E-state index contributed by atoms with van der Waals surface area (Å²) >= 11 is 0. The van der Waals surface area contributed by atoms with E-state index in [0.29, 0.717) is 0 Å². The van der Waals surface area contributed by atoms with Crippen LogP contribution in [0.15, 0.2) is 30.6 Å². The first-order valence-corrected chi connectivity index (χ1v) is 3.85. The van der Waals surface area contributed by atoms with Crippen LogP contribution in [0, 0.1) is 0 Å². The van der Waals surface area contributed by atoms with Crippen molar-refractivity contribution >= 4 is 17.0 Å². The smallest absolute Gasteiger partial charge is 0.0267 e. The third-order valence-corrected chi connectivity index (χ3v) is 1.57. The molecule has 2 heteroatoms. The molecule has 0 spiro atoms. The summed E-state index contributed by atoms with van der Waals surface area (Å²) < 4.78 is 0. The first-order chi connectivity index (χ1) is 5.00. The highest BCUT2D eigenvalue weighted by Crippen LogP contribution is 2.15. The van der Waals surface area contributed by atoms with Crippen LogP contribution >= 0.6 is 17.0 Å². The molecule has 1 fully saturated rings. The Morgan fingerprint density at radius 2 is 1.18 bits per heavy atom. The largest absolute Gasteiger partial charge is 0.265 e. The zero-order valence-electron chi connectivity index (χ0n) is 6.57. The van der Waals surface area contributed by atoms with E-state index in [0.717, 1.165) is 0 Å². The predicted molar refractivity (Wildman–Crippen MR) is 53.0 cm³/mol. The lowest BCUT2D eigenvalue weighted by Gasteiger charge is -2.05. The summed E-state index contributed by atoms with van der Waals surface area (Å²) in [5.41, 5.74) is 0. The first-order valence-electron chi connectivity index (χ1n) is 3.85. The van der Waals surface area contributed by atoms with Gasteiger partial charge < -0.3 is 0 Å². The van der Waals surface area contributed by atoms with Crippen molar-refractivity contribution in [3.8, 4) is 0 Å². The number of halogens is 1. The van der Waals surface area contributed by atoms with Gasteiger partial charge in [-0.3, -0.25) is 4.98 Å². The van der Waals surface area contributed by atoms with Gasteiger partial charge in [0.25, 0.3) is 0 Å². The zero-order valence-corrected chi connectivity index (χ0v) is 8.28. The molecule has 1 aliphatic carbocycles. The van der Waals surface area contributed by atoms with E-state index < -0.39 is 0 Å². The maximum atomic E-state index is 3.78. The Morgan fingerprint density at radius 1 is 0.727 bits per heavy atom. The average Bonchev–Trinajstić information content (AvgIpc) is 1.88. The minimum absolute atomic E-state index is 0. The fraction of sp³-hybridized carbons (Fsp3) is 0.444. The van der Waals surface area contributed by atoms with Crippen molar-refractivity contribution in [2.24, 2.45) is 0 Å². The van der Waals surface area contributed by atoms with Crippen LogP contribution in [0.25, 0.3) is 0 Å². The monoisotopic (exact) mass is 215 g/mol. The molecule has 0 aliphatic heterocycles. The average molecular weight is 216 g/mol. The quantitative estimate of drug-likeness (QED) is 0.648. The van der Waals surface area contributed by atoms with E-state index >= 15 is 0 Å². The maximum Gasteiger partial charge on any atom is 0.0267 e. The van der Waals surface area contributed by atoms with E-state index in [-0.39, 0.29) is 17.0 Å². The van der Waals surface area contributed by atoms with E-state index in [9.17, 15) is 0 Å². The van der Waals surface area contributed by atoms with Gasteiger partial charge in [0.15, 0.2) is 0 Å². The molecule has 1 nitrogen and oxygen atoms in total. The number of hydrogen-bond acceptors (Lipinski definition) is 1. The molecule has 0 aromatic carbocycles. The summed E-state index contributed by atoms with van der Waals surface area (Å²) in [6.45, 7) is 0. The van der Waals surface area contributed by atoms with Crippen molar-refractivity contribution in [3.05, 3.63) is 30.6 Å². The number of hydrogen-bond donors (Lipinski definition) is 0. The number of aromatic nitrogens is 1. The minimum Gasteiger partial charge on any atom is -0.265 e. The predicted octanol–water partition coefficient (Wildman–Crippen LogP) is 3.22. The number of rotatable bonds is 0. The summed E-state index contributed by atoms with van der Waals surface area (Å²) in [5.74, 6) is 0.